The monoisotopic (exact) mass is 313 g/mol. The maximum atomic E-state index is 12.8. The first-order valence-corrected chi connectivity index (χ1v) is 6.89. The van der Waals surface area contributed by atoms with E-state index in [-0.39, 0.29) is 5.65 Å². The zero-order valence-corrected chi connectivity index (χ0v) is 11.7. The van der Waals surface area contributed by atoms with Gasteiger partial charge in [-0.05, 0) is 36.1 Å². The van der Waals surface area contributed by atoms with Gasteiger partial charge in [0.2, 0.25) is 0 Å². The fourth-order valence-corrected chi connectivity index (χ4v) is 2.66. The number of hydrogen-bond donors (Lipinski definition) is 1. The Labute approximate surface area is 121 Å². The van der Waals surface area contributed by atoms with Crippen molar-refractivity contribution < 1.29 is 13.2 Å². The third kappa shape index (κ3) is 2.68. The molecular weight excluding hydrogens is 303 g/mol. The smallest absolute Gasteiger partial charge is 0.364 e. The molecule has 0 unspecified atom stereocenters. The summed E-state index contributed by atoms with van der Waals surface area (Å²) in [5.41, 5.74) is 1.19. The molecule has 110 valence electrons. The molecule has 0 saturated carbocycles. The average molecular weight is 313 g/mol. The van der Waals surface area contributed by atoms with Crippen molar-refractivity contribution in [3.8, 4) is 0 Å². The fourth-order valence-electron chi connectivity index (χ4n) is 1.82. The summed E-state index contributed by atoms with van der Waals surface area (Å²) >= 11 is 1.58. The Balaban J connectivity index is 1.88. The van der Waals surface area contributed by atoms with Crippen molar-refractivity contribution in [1.82, 2.24) is 19.8 Å². The van der Waals surface area contributed by atoms with Crippen LogP contribution in [0.4, 0.5) is 19.0 Å². The highest BCUT2D eigenvalue weighted by molar-refractivity contribution is 7.10. The predicted molar refractivity (Wildman–Crippen MR) is 72.2 cm³/mol. The Morgan fingerprint density at radius 3 is 2.71 bits per heavy atom. The highest BCUT2D eigenvalue weighted by atomic mass is 32.1. The molecule has 0 aliphatic heterocycles. The molecule has 0 aliphatic rings. The molecule has 3 aromatic heterocycles. The van der Waals surface area contributed by atoms with E-state index in [2.05, 4.69) is 20.6 Å². The Morgan fingerprint density at radius 2 is 2.05 bits per heavy atom. The predicted octanol–water partition coefficient (Wildman–Crippen LogP) is 3.13. The summed E-state index contributed by atoms with van der Waals surface area (Å²) in [7, 11) is 0. The minimum Gasteiger partial charge on any atom is -0.364 e. The number of alkyl halides is 3. The number of halogens is 3. The number of aromatic nitrogens is 4. The van der Waals surface area contributed by atoms with Crippen LogP contribution in [-0.2, 0) is 12.7 Å². The average Bonchev–Trinajstić information content (AvgIpc) is 3.01. The van der Waals surface area contributed by atoms with Crippen LogP contribution in [0, 0.1) is 6.92 Å². The topological polar surface area (TPSA) is 55.1 Å². The summed E-state index contributed by atoms with van der Waals surface area (Å²) in [5, 5.41) is 15.4. The van der Waals surface area contributed by atoms with Crippen molar-refractivity contribution in [1.29, 1.82) is 0 Å². The summed E-state index contributed by atoms with van der Waals surface area (Å²) in [6, 6.07) is 5.01. The molecule has 0 aromatic carbocycles. The SMILES string of the molecule is Cc1ccsc1CNc1ccc2nnc(C(F)(F)F)n2n1. The summed E-state index contributed by atoms with van der Waals surface area (Å²) in [6.07, 6.45) is -4.59. The van der Waals surface area contributed by atoms with Crippen LogP contribution in [0.5, 0.6) is 0 Å². The molecule has 5 nitrogen and oxygen atoms in total. The van der Waals surface area contributed by atoms with Crippen LogP contribution in [0.2, 0.25) is 0 Å². The standard InChI is InChI=1S/C12H10F3N5S/c1-7-4-5-21-8(7)6-16-9-2-3-10-17-18-11(12(13,14)15)20(10)19-9/h2-5H,6H2,1H3,(H,16,19). The number of hydrogen-bond acceptors (Lipinski definition) is 5. The lowest BCUT2D eigenvalue weighted by molar-refractivity contribution is -0.146. The quantitative estimate of drug-likeness (QED) is 0.807. The largest absolute Gasteiger partial charge is 0.453 e. The van der Waals surface area contributed by atoms with Crippen LogP contribution >= 0.6 is 11.3 Å². The van der Waals surface area contributed by atoms with Crippen LogP contribution in [0.1, 0.15) is 16.3 Å². The Morgan fingerprint density at radius 1 is 1.24 bits per heavy atom. The van der Waals surface area contributed by atoms with Gasteiger partial charge in [0.1, 0.15) is 5.82 Å². The van der Waals surface area contributed by atoms with E-state index < -0.39 is 12.0 Å². The first-order valence-electron chi connectivity index (χ1n) is 6.01. The first-order chi connectivity index (χ1) is 9.95. The molecule has 21 heavy (non-hydrogen) atoms. The number of aryl methyl sites for hydroxylation is 1. The van der Waals surface area contributed by atoms with E-state index >= 15 is 0 Å². The highest BCUT2D eigenvalue weighted by Crippen LogP contribution is 2.27. The molecule has 0 spiro atoms. The van der Waals surface area contributed by atoms with Crippen molar-refractivity contribution in [3.05, 3.63) is 39.8 Å². The Kier molecular flexibility index (Phi) is 3.28. The summed E-state index contributed by atoms with van der Waals surface area (Å²) in [6.45, 7) is 2.48. The molecular formula is C12H10F3N5S. The molecule has 0 amide bonds. The van der Waals surface area contributed by atoms with Crippen molar-refractivity contribution in [3.63, 3.8) is 0 Å². The van der Waals surface area contributed by atoms with Crippen LogP contribution in [0.25, 0.3) is 5.65 Å². The van der Waals surface area contributed by atoms with Gasteiger partial charge in [-0.25, -0.2) is 0 Å². The van der Waals surface area contributed by atoms with Gasteiger partial charge >= 0.3 is 6.18 Å². The van der Waals surface area contributed by atoms with E-state index in [0.717, 1.165) is 10.4 Å². The van der Waals surface area contributed by atoms with Crippen LogP contribution in [0.15, 0.2) is 23.6 Å². The van der Waals surface area contributed by atoms with Gasteiger partial charge in [0, 0.05) is 4.88 Å². The van der Waals surface area contributed by atoms with Crippen LogP contribution < -0.4 is 5.32 Å². The minimum atomic E-state index is -4.59. The molecule has 3 rings (SSSR count). The lowest BCUT2D eigenvalue weighted by atomic mass is 10.3. The molecule has 0 saturated heterocycles. The number of anilines is 1. The van der Waals surface area contributed by atoms with Gasteiger partial charge in [0.25, 0.3) is 5.82 Å². The third-order valence-electron chi connectivity index (χ3n) is 2.91. The van der Waals surface area contributed by atoms with Gasteiger partial charge in [-0.3, -0.25) is 0 Å². The summed E-state index contributed by atoms with van der Waals surface area (Å²) in [4.78, 5) is 1.11. The first kappa shape index (κ1) is 13.8. The van der Waals surface area contributed by atoms with Crippen LogP contribution in [-0.4, -0.2) is 19.8 Å². The Bertz CT molecular complexity index is 777. The Hall–Kier alpha value is -2.16. The number of nitrogens with one attached hydrogen (secondary N) is 1. The van der Waals surface area contributed by atoms with Crippen molar-refractivity contribution in [2.45, 2.75) is 19.6 Å². The summed E-state index contributed by atoms with van der Waals surface area (Å²) < 4.78 is 39.0. The van der Waals surface area contributed by atoms with E-state index in [1.165, 1.54) is 6.07 Å². The number of thiophene rings is 1. The normalized spacial score (nSPS) is 12.0. The molecule has 0 aliphatic carbocycles. The van der Waals surface area contributed by atoms with Gasteiger partial charge in [0.15, 0.2) is 5.65 Å². The van der Waals surface area contributed by atoms with Crippen molar-refractivity contribution in [2.75, 3.05) is 5.32 Å². The molecule has 3 aromatic rings. The number of rotatable bonds is 3. The lowest BCUT2D eigenvalue weighted by Gasteiger charge is -2.07. The van der Waals surface area contributed by atoms with Gasteiger partial charge in [0.05, 0.1) is 6.54 Å². The van der Waals surface area contributed by atoms with Crippen LogP contribution in [0.3, 0.4) is 0 Å². The lowest BCUT2D eigenvalue weighted by Crippen LogP contribution is -2.13. The maximum Gasteiger partial charge on any atom is 0.453 e. The second kappa shape index (κ2) is 4.99. The molecule has 0 bridgehead atoms. The minimum absolute atomic E-state index is 0.0557. The molecule has 9 heteroatoms. The van der Waals surface area contributed by atoms with Gasteiger partial charge in [-0.2, -0.15) is 17.7 Å². The van der Waals surface area contributed by atoms with Gasteiger partial charge < -0.3 is 5.32 Å². The van der Waals surface area contributed by atoms with Gasteiger partial charge in [-0.1, -0.05) is 0 Å². The van der Waals surface area contributed by atoms with Crippen molar-refractivity contribution in [2.24, 2.45) is 0 Å². The van der Waals surface area contributed by atoms with E-state index in [1.807, 2.05) is 18.4 Å². The molecule has 0 atom stereocenters. The van der Waals surface area contributed by atoms with E-state index in [9.17, 15) is 13.2 Å². The van der Waals surface area contributed by atoms with E-state index in [0.29, 0.717) is 16.9 Å². The highest BCUT2D eigenvalue weighted by Gasteiger charge is 2.37. The summed E-state index contributed by atoms with van der Waals surface area (Å²) in [5.74, 6) is -0.797. The van der Waals surface area contributed by atoms with E-state index in [1.54, 1.807) is 17.4 Å². The zero-order valence-electron chi connectivity index (χ0n) is 10.8. The molecule has 0 fully saturated rings. The zero-order chi connectivity index (χ0) is 15.0. The second-order valence-electron chi connectivity index (χ2n) is 4.39. The third-order valence-corrected chi connectivity index (χ3v) is 3.94. The molecule has 3 heterocycles. The second-order valence-corrected chi connectivity index (χ2v) is 5.39. The van der Waals surface area contributed by atoms with E-state index in [4.69, 9.17) is 0 Å². The molecule has 1 N–H and O–H groups in total. The van der Waals surface area contributed by atoms with Crippen molar-refractivity contribution >= 4 is 22.8 Å². The fraction of sp³-hybridized carbons (Fsp3) is 0.250. The van der Waals surface area contributed by atoms with Gasteiger partial charge in [-0.15, -0.1) is 26.6 Å². The number of fused-ring (bicyclic) bond motifs is 1. The maximum absolute atomic E-state index is 12.8. The molecule has 0 radical (unpaired) electrons. The number of nitrogens with zero attached hydrogens (tertiary/aromatic N) is 4.